The molecule has 0 aliphatic carbocycles. The highest BCUT2D eigenvalue weighted by Gasteiger charge is 2.41. The number of carbonyl (C=O) groups excluding carboxylic acids is 1. The van der Waals surface area contributed by atoms with Crippen molar-refractivity contribution in [2.24, 2.45) is 0 Å². The van der Waals surface area contributed by atoms with Gasteiger partial charge in [0.15, 0.2) is 0 Å². The van der Waals surface area contributed by atoms with Crippen molar-refractivity contribution in [2.45, 2.75) is 6.04 Å². The summed E-state index contributed by atoms with van der Waals surface area (Å²) < 4.78 is 5.26. The van der Waals surface area contributed by atoms with Gasteiger partial charge in [-0.15, -0.1) is 12.4 Å². The lowest BCUT2D eigenvalue weighted by atomic mass is 10.0. The number of fused-ring (bicyclic) bond motifs is 3. The minimum Gasteiger partial charge on any atom is -0.496 e. The molecule has 2 aliphatic rings. The van der Waals surface area contributed by atoms with Crippen LogP contribution in [0.3, 0.4) is 0 Å². The Labute approximate surface area is 117 Å². The molecule has 98 valence electrons. The number of piperazine rings is 1. The molecule has 1 aromatic carbocycles. The minimum atomic E-state index is 0. The van der Waals surface area contributed by atoms with Gasteiger partial charge in [-0.1, -0.05) is 11.6 Å². The van der Waals surface area contributed by atoms with Gasteiger partial charge in [-0.2, -0.15) is 0 Å². The van der Waals surface area contributed by atoms with Crippen LogP contribution in [0.15, 0.2) is 12.1 Å². The molecule has 0 spiro atoms. The second-order valence-corrected chi connectivity index (χ2v) is 4.66. The lowest BCUT2D eigenvalue weighted by Gasteiger charge is -2.30. The van der Waals surface area contributed by atoms with E-state index in [1.165, 1.54) is 0 Å². The molecule has 0 saturated carbocycles. The van der Waals surface area contributed by atoms with Crippen LogP contribution in [-0.4, -0.2) is 37.6 Å². The van der Waals surface area contributed by atoms with Crippen molar-refractivity contribution >= 4 is 29.9 Å². The average Bonchev–Trinajstić information content (AvgIpc) is 2.66. The van der Waals surface area contributed by atoms with Crippen LogP contribution in [0.4, 0.5) is 0 Å². The number of rotatable bonds is 1. The van der Waals surface area contributed by atoms with E-state index >= 15 is 0 Å². The molecular weight excluding hydrogens is 275 g/mol. The normalized spacial score (nSPS) is 21.1. The van der Waals surface area contributed by atoms with Gasteiger partial charge in [0.05, 0.1) is 18.7 Å². The molecule has 4 nitrogen and oxygen atoms in total. The first kappa shape index (κ1) is 13.5. The largest absolute Gasteiger partial charge is 0.496 e. The standard InChI is InChI=1S/C12H13ClN2O2.ClH/c1-17-9-3-2-7(13)10-8-6-14-4-5-15(8)12(16)11(9)10;/h2-3,8,14H,4-6H2,1H3;1H/t8-;/m1./s1. The Kier molecular flexibility index (Phi) is 3.71. The molecule has 0 aromatic heterocycles. The summed E-state index contributed by atoms with van der Waals surface area (Å²) in [6.07, 6.45) is 0. The van der Waals surface area contributed by atoms with Crippen molar-refractivity contribution in [3.8, 4) is 5.75 Å². The molecule has 0 unspecified atom stereocenters. The van der Waals surface area contributed by atoms with E-state index in [1.54, 1.807) is 19.2 Å². The lowest BCUT2D eigenvalue weighted by molar-refractivity contribution is 0.0689. The van der Waals surface area contributed by atoms with E-state index in [-0.39, 0.29) is 24.4 Å². The Hall–Kier alpha value is -0.970. The Morgan fingerprint density at radius 2 is 2.28 bits per heavy atom. The van der Waals surface area contributed by atoms with Gasteiger partial charge >= 0.3 is 0 Å². The zero-order chi connectivity index (χ0) is 12.0. The van der Waals surface area contributed by atoms with Gasteiger partial charge in [0.25, 0.3) is 5.91 Å². The van der Waals surface area contributed by atoms with Gasteiger partial charge in [0.2, 0.25) is 0 Å². The van der Waals surface area contributed by atoms with Crippen LogP contribution in [0.2, 0.25) is 5.02 Å². The monoisotopic (exact) mass is 288 g/mol. The smallest absolute Gasteiger partial charge is 0.258 e. The number of ether oxygens (including phenoxy) is 1. The molecule has 1 N–H and O–H groups in total. The molecular formula is C12H14Cl2N2O2. The summed E-state index contributed by atoms with van der Waals surface area (Å²) in [4.78, 5) is 14.2. The molecule has 1 saturated heterocycles. The maximum Gasteiger partial charge on any atom is 0.258 e. The Balaban J connectivity index is 0.00000120. The van der Waals surface area contributed by atoms with E-state index in [2.05, 4.69) is 5.32 Å². The molecule has 0 radical (unpaired) electrons. The number of benzene rings is 1. The Morgan fingerprint density at radius 3 is 3.00 bits per heavy atom. The predicted molar refractivity (Wildman–Crippen MR) is 71.9 cm³/mol. The first-order valence-corrected chi connectivity index (χ1v) is 6.00. The van der Waals surface area contributed by atoms with Crippen LogP contribution in [0, 0.1) is 0 Å². The van der Waals surface area contributed by atoms with Crippen LogP contribution >= 0.6 is 24.0 Å². The van der Waals surface area contributed by atoms with E-state index in [9.17, 15) is 4.79 Å². The van der Waals surface area contributed by atoms with Crippen molar-refractivity contribution in [2.75, 3.05) is 26.7 Å². The molecule has 1 atom stereocenters. The van der Waals surface area contributed by atoms with Crippen molar-refractivity contribution in [1.82, 2.24) is 10.2 Å². The van der Waals surface area contributed by atoms with Gasteiger partial charge in [-0.3, -0.25) is 4.79 Å². The van der Waals surface area contributed by atoms with Crippen LogP contribution in [0.5, 0.6) is 5.75 Å². The zero-order valence-electron chi connectivity index (χ0n) is 9.90. The highest BCUT2D eigenvalue weighted by Crippen LogP contribution is 2.42. The maximum atomic E-state index is 12.3. The number of amides is 1. The third-order valence-electron chi connectivity index (χ3n) is 3.43. The van der Waals surface area contributed by atoms with Crippen molar-refractivity contribution in [3.63, 3.8) is 0 Å². The summed E-state index contributed by atoms with van der Waals surface area (Å²) in [5.74, 6) is 0.648. The van der Waals surface area contributed by atoms with E-state index in [4.69, 9.17) is 16.3 Å². The van der Waals surface area contributed by atoms with Gasteiger partial charge in [-0.25, -0.2) is 0 Å². The van der Waals surface area contributed by atoms with E-state index in [0.717, 1.165) is 25.2 Å². The molecule has 2 heterocycles. The highest BCUT2D eigenvalue weighted by molar-refractivity contribution is 6.32. The van der Waals surface area contributed by atoms with Gasteiger partial charge in [0, 0.05) is 30.2 Å². The number of carbonyl (C=O) groups is 1. The number of halogens is 2. The summed E-state index contributed by atoms with van der Waals surface area (Å²) in [5, 5.41) is 3.93. The zero-order valence-corrected chi connectivity index (χ0v) is 11.5. The van der Waals surface area contributed by atoms with Crippen molar-refractivity contribution < 1.29 is 9.53 Å². The average molecular weight is 289 g/mol. The molecule has 18 heavy (non-hydrogen) atoms. The summed E-state index contributed by atoms with van der Waals surface area (Å²) in [7, 11) is 1.58. The third-order valence-corrected chi connectivity index (χ3v) is 3.75. The Bertz CT molecular complexity index is 493. The van der Waals surface area contributed by atoms with Gasteiger partial charge < -0.3 is 15.0 Å². The first-order valence-electron chi connectivity index (χ1n) is 5.62. The SMILES string of the molecule is COc1ccc(Cl)c2c1C(=O)N1CCNC[C@H]21.Cl. The van der Waals surface area contributed by atoms with Crippen LogP contribution in [0.25, 0.3) is 0 Å². The van der Waals surface area contributed by atoms with Crippen LogP contribution in [0.1, 0.15) is 22.0 Å². The predicted octanol–water partition coefficient (Wildman–Crippen LogP) is 1.87. The number of hydrogen-bond donors (Lipinski definition) is 1. The molecule has 3 rings (SSSR count). The van der Waals surface area contributed by atoms with Crippen molar-refractivity contribution in [3.05, 3.63) is 28.3 Å². The molecule has 6 heteroatoms. The quantitative estimate of drug-likeness (QED) is 0.858. The van der Waals surface area contributed by atoms with Gasteiger partial charge in [0.1, 0.15) is 5.75 Å². The molecule has 0 bridgehead atoms. The second-order valence-electron chi connectivity index (χ2n) is 4.26. The first-order chi connectivity index (χ1) is 8.24. The van der Waals surface area contributed by atoms with Crippen molar-refractivity contribution in [1.29, 1.82) is 0 Å². The Morgan fingerprint density at radius 1 is 1.50 bits per heavy atom. The summed E-state index contributed by atoms with van der Waals surface area (Å²) in [6, 6.07) is 3.60. The fraction of sp³-hybridized carbons (Fsp3) is 0.417. The number of nitrogens with zero attached hydrogens (tertiary/aromatic N) is 1. The lowest BCUT2D eigenvalue weighted by Crippen LogP contribution is -2.44. The number of hydrogen-bond acceptors (Lipinski definition) is 3. The third kappa shape index (κ3) is 1.76. The van der Waals surface area contributed by atoms with E-state index in [0.29, 0.717) is 16.3 Å². The summed E-state index contributed by atoms with van der Waals surface area (Å²) >= 11 is 6.22. The molecule has 1 fully saturated rings. The van der Waals surface area contributed by atoms with E-state index in [1.807, 2.05) is 4.90 Å². The minimum absolute atomic E-state index is 0. The fourth-order valence-electron chi connectivity index (χ4n) is 2.64. The molecule has 2 aliphatic heterocycles. The summed E-state index contributed by atoms with van der Waals surface area (Å²) in [6.45, 7) is 2.31. The van der Waals surface area contributed by atoms with Crippen LogP contribution in [-0.2, 0) is 0 Å². The molecule has 1 aromatic rings. The maximum absolute atomic E-state index is 12.3. The van der Waals surface area contributed by atoms with Crippen LogP contribution < -0.4 is 10.1 Å². The number of methoxy groups -OCH3 is 1. The van der Waals surface area contributed by atoms with E-state index < -0.39 is 0 Å². The number of nitrogens with one attached hydrogen (secondary N) is 1. The second kappa shape index (κ2) is 4.96. The topological polar surface area (TPSA) is 41.6 Å². The summed E-state index contributed by atoms with van der Waals surface area (Å²) in [5.41, 5.74) is 1.54. The van der Waals surface area contributed by atoms with Gasteiger partial charge in [-0.05, 0) is 12.1 Å². The fourth-order valence-corrected chi connectivity index (χ4v) is 2.92. The highest BCUT2D eigenvalue weighted by atomic mass is 35.5. The molecule has 1 amide bonds.